The minimum absolute atomic E-state index is 0.00101. The number of hydrogen-bond donors (Lipinski definition) is 2. The molecule has 2 N–H and O–H groups in total. The Hall–Kier alpha value is -2.89. The van der Waals surface area contributed by atoms with Crippen molar-refractivity contribution >= 4 is 11.8 Å². The van der Waals surface area contributed by atoms with Crippen LogP contribution in [0.15, 0.2) is 42.5 Å². The monoisotopic (exact) mass is 424 g/mol. The molecule has 1 heterocycles. The van der Waals surface area contributed by atoms with Gasteiger partial charge in [-0.3, -0.25) is 9.59 Å². The van der Waals surface area contributed by atoms with Crippen LogP contribution in [0.2, 0.25) is 0 Å². The minimum Gasteiger partial charge on any atom is -0.494 e. The van der Waals surface area contributed by atoms with E-state index < -0.39 is 11.4 Å². The van der Waals surface area contributed by atoms with E-state index in [9.17, 15) is 14.0 Å². The number of benzene rings is 2. The molecular formula is C25H29FN2O3. The molecule has 2 atom stereocenters. The largest absolute Gasteiger partial charge is 0.494 e. The number of methoxy groups -OCH3 is 1. The van der Waals surface area contributed by atoms with E-state index in [4.69, 9.17) is 4.74 Å². The number of halogens is 1. The number of fused-ring (bicyclic) bond motifs is 1. The first-order valence-electron chi connectivity index (χ1n) is 11.0. The van der Waals surface area contributed by atoms with Gasteiger partial charge < -0.3 is 15.4 Å². The highest BCUT2D eigenvalue weighted by atomic mass is 19.1. The number of nitrogens with one attached hydrogen (secondary N) is 2. The van der Waals surface area contributed by atoms with Crippen LogP contribution in [0.25, 0.3) is 0 Å². The second-order valence-corrected chi connectivity index (χ2v) is 8.69. The summed E-state index contributed by atoms with van der Waals surface area (Å²) >= 11 is 0. The molecule has 2 aromatic rings. The first-order valence-corrected chi connectivity index (χ1v) is 11.0. The molecule has 164 valence electrons. The highest BCUT2D eigenvalue weighted by Crippen LogP contribution is 2.32. The van der Waals surface area contributed by atoms with Crippen molar-refractivity contribution < 1.29 is 18.7 Å². The second-order valence-electron chi connectivity index (χ2n) is 8.69. The van der Waals surface area contributed by atoms with Crippen LogP contribution in [0.5, 0.6) is 5.75 Å². The van der Waals surface area contributed by atoms with Crippen molar-refractivity contribution in [2.75, 3.05) is 7.11 Å². The second kappa shape index (κ2) is 9.08. The average Bonchev–Trinajstić information content (AvgIpc) is 3.14. The van der Waals surface area contributed by atoms with E-state index in [0.29, 0.717) is 32.1 Å². The zero-order chi connectivity index (χ0) is 21.8. The van der Waals surface area contributed by atoms with E-state index in [1.165, 1.54) is 24.3 Å². The Labute approximate surface area is 182 Å². The molecule has 0 saturated carbocycles. The third-order valence-corrected chi connectivity index (χ3v) is 6.53. The van der Waals surface area contributed by atoms with Gasteiger partial charge in [-0.15, -0.1) is 0 Å². The third kappa shape index (κ3) is 4.89. The van der Waals surface area contributed by atoms with Gasteiger partial charge in [0, 0.05) is 18.4 Å². The fourth-order valence-electron chi connectivity index (χ4n) is 4.91. The van der Waals surface area contributed by atoms with Crippen LogP contribution in [0.1, 0.15) is 61.3 Å². The van der Waals surface area contributed by atoms with Crippen LogP contribution in [0, 0.1) is 5.82 Å². The van der Waals surface area contributed by atoms with Crippen molar-refractivity contribution in [1.82, 2.24) is 10.6 Å². The number of carbonyl (C=O) groups excluding carboxylic acids is 2. The van der Waals surface area contributed by atoms with Crippen molar-refractivity contribution in [2.45, 2.75) is 62.9 Å². The normalized spacial score (nSPS) is 22.5. The first-order chi connectivity index (χ1) is 15.0. The smallest absolute Gasteiger partial charge is 0.220 e. The van der Waals surface area contributed by atoms with Gasteiger partial charge in [0.05, 0.1) is 13.2 Å². The number of carbonyl (C=O) groups is 2. The van der Waals surface area contributed by atoms with E-state index >= 15 is 0 Å². The summed E-state index contributed by atoms with van der Waals surface area (Å²) < 4.78 is 18.9. The Morgan fingerprint density at radius 3 is 2.87 bits per heavy atom. The Balaban J connectivity index is 1.42. The van der Waals surface area contributed by atoms with Crippen molar-refractivity contribution in [3.8, 4) is 5.75 Å². The van der Waals surface area contributed by atoms with Gasteiger partial charge in [-0.1, -0.05) is 30.3 Å². The summed E-state index contributed by atoms with van der Waals surface area (Å²) in [5.41, 5.74) is 2.90. The first kappa shape index (κ1) is 21.3. The molecule has 2 amide bonds. The predicted molar refractivity (Wildman–Crippen MR) is 116 cm³/mol. The maximum absolute atomic E-state index is 13.8. The average molecular weight is 425 g/mol. The molecule has 1 saturated heterocycles. The Kier molecular flexibility index (Phi) is 6.25. The van der Waals surface area contributed by atoms with Crippen LogP contribution in [0.4, 0.5) is 4.39 Å². The standard InChI is InChI=1S/C25H29FN2O3/c1-31-22-15-17(9-10-20(22)26)16-25(14-12-24(30)28-25)13-11-23(29)27-21-8-4-6-18-5-2-3-7-19(18)21/h2-3,5,7,9-10,15,21H,4,6,8,11-14,16H2,1H3,(H,27,29)(H,28,30). The van der Waals surface area contributed by atoms with Crippen LogP contribution < -0.4 is 15.4 Å². The molecule has 1 fully saturated rings. The lowest BCUT2D eigenvalue weighted by atomic mass is 9.84. The number of aryl methyl sites for hydroxylation is 1. The highest BCUT2D eigenvalue weighted by molar-refractivity contribution is 5.80. The lowest BCUT2D eigenvalue weighted by Crippen LogP contribution is -2.44. The van der Waals surface area contributed by atoms with Gasteiger partial charge in [0.2, 0.25) is 11.8 Å². The summed E-state index contributed by atoms with van der Waals surface area (Å²) in [6, 6.07) is 13.1. The Morgan fingerprint density at radius 2 is 2.10 bits per heavy atom. The molecule has 1 aliphatic heterocycles. The zero-order valence-corrected chi connectivity index (χ0v) is 17.9. The van der Waals surface area contributed by atoms with E-state index in [1.807, 2.05) is 12.1 Å². The molecule has 4 rings (SSSR count). The molecule has 6 heteroatoms. The predicted octanol–water partition coefficient (Wildman–Crippen LogP) is 4.00. The Bertz CT molecular complexity index is 977. The van der Waals surface area contributed by atoms with Crippen LogP contribution in [-0.2, 0) is 22.4 Å². The van der Waals surface area contributed by atoms with Crippen molar-refractivity contribution in [3.63, 3.8) is 0 Å². The quantitative estimate of drug-likeness (QED) is 0.706. The SMILES string of the molecule is COc1cc(CC2(CCC(=O)NC3CCCc4ccccc43)CCC(=O)N2)ccc1F. The van der Waals surface area contributed by atoms with Crippen LogP contribution >= 0.6 is 0 Å². The van der Waals surface area contributed by atoms with Crippen molar-refractivity contribution in [2.24, 2.45) is 0 Å². The van der Waals surface area contributed by atoms with E-state index in [2.05, 4.69) is 22.8 Å². The number of amides is 2. The number of hydrogen-bond acceptors (Lipinski definition) is 3. The summed E-state index contributed by atoms with van der Waals surface area (Å²) in [6.07, 6.45) is 5.57. The molecule has 0 spiro atoms. The van der Waals surface area contributed by atoms with E-state index in [0.717, 1.165) is 24.8 Å². The van der Waals surface area contributed by atoms with Gasteiger partial charge in [-0.25, -0.2) is 4.39 Å². The summed E-state index contributed by atoms with van der Waals surface area (Å²) in [6.45, 7) is 0. The lowest BCUT2D eigenvalue weighted by Gasteiger charge is -2.30. The summed E-state index contributed by atoms with van der Waals surface area (Å²) in [7, 11) is 1.43. The van der Waals surface area contributed by atoms with Gasteiger partial charge in [0.1, 0.15) is 0 Å². The van der Waals surface area contributed by atoms with Crippen LogP contribution in [0.3, 0.4) is 0 Å². The number of rotatable bonds is 7. The summed E-state index contributed by atoms with van der Waals surface area (Å²) in [4.78, 5) is 24.8. The molecule has 2 aromatic carbocycles. The summed E-state index contributed by atoms with van der Waals surface area (Å²) in [5, 5.41) is 6.28. The van der Waals surface area contributed by atoms with E-state index in [1.54, 1.807) is 12.1 Å². The maximum Gasteiger partial charge on any atom is 0.220 e. The molecule has 0 aromatic heterocycles. The molecular weight excluding hydrogens is 395 g/mol. The molecule has 0 radical (unpaired) electrons. The van der Waals surface area contributed by atoms with Crippen molar-refractivity contribution in [1.29, 1.82) is 0 Å². The van der Waals surface area contributed by atoms with Gasteiger partial charge in [-0.05, 0) is 67.3 Å². The Morgan fingerprint density at radius 1 is 1.26 bits per heavy atom. The molecule has 0 bridgehead atoms. The summed E-state index contributed by atoms with van der Waals surface area (Å²) in [5.74, 6) is -0.233. The van der Waals surface area contributed by atoms with Gasteiger partial charge in [-0.2, -0.15) is 0 Å². The van der Waals surface area contributed by atoms with E-state index in [-0.39, 0.29) is 23.6 Å². The van der Waals surface area contributed by atoms with Crippen molar-refractivity contribution in [3.05, 3.63) is 65.0 Å². The zero-order valence-electron chi connectivity index (χ0n) is 17.9. The fraction of sp³-hybridized carbons (Fsp3) is 0.440. The minimum atomic E-state index is -0.498. The molecule has 5 nitrogen and oxygen atoms in total. The molecule has 1 aliphatic carbocycles. The lowest BCUT2D eigenvalue weighted by molar-refractivity contribution is -0.123. The molecule has 31 heavy (non-hydrogen) atoms. The third-order valence-electron chi connectivity index (χ3n) is 6.53. The number of ether oxygens (including phenoxy) is 1. The van der Waals surface area contributed by atoms with Gasteiger partial charge in [0.25, 0.3) is 0 Å². The maximum atomic E-state index is 13.8. The molecule has 2 aliphatic rings. The van der Waals surface area contributed by atoms with Crippen LogP contribution in [-0.4, -0.2) is 24.5 Å². The highest BCUT2D eigenvalue weighted by Gasteiger charge is 2.38. The fourth-order valence-corrected chi connectivity index (χ4v) is 4.91. The topological polar surface area (TPSA) is 67.4 Å². The molecule has 2 unspecified atom stereocenters. The van der Waals surface area contributed by atoms with Gasteiger partial charge in [0.15, 0.2) is 11.6 Å². The van der Waals surface area contributed by atoms with Gasteiger partial charge >= 0.3 is 0 Å².